The zero-order valence-corrected chi connectivity index (χ0v) is 11.8. The van der Waals surface area contributed by atoms with Crippen LogP contribution in [0.15, 0.2) is 15.9 Å². The third-order valence-corrected chi connectivity index (χ3v) is 4.17. The second-order valence-electron chi connectivity index (χ2n) is 3.59. The monoisotopic (exact) mass is 291 g/mol. The van der Waals surface area contributed by atoms with Crippen molar-refractivity contribution in [1.29, 1.82) is 0 Å². The van der Waals surface area contributed by atoms with Gasteiger partial charge < -0.3 is 10.1 Å². The summed E-state index contributed by atoms with van der Waals surface area (Å²) in [6.45, 7) is 5.14. The van der Waals surface area contributed by atoms with E-state index in [1.165, 1.54) is 8.66 Å². The molecule has 0 spiro atoms. The van der Waals surface area contributed by atoms with E-state index in [1.807, 2.05) is 0 Å². The first-order chi connectivity index (χ1) is 7.17. The van der Waals surface area contributed by atoms with Gasteiger partial charge in [0.1, 0.15) is 0 Å². The van der Waals surface area contributed by atoms with Crippen LogP contribution in [-0.4, -0.2) is 19.8 Å². The fraction of sp³-hybridized carbons (Fsp3) is 0.636. The zero-order valence-electron chi connectivity index (χ0n) is 9.42. The number of hydrogen-bond donors (Lipinski definition) is 1. The van der Waals surface area contributed by atoms with Crippen LogP contribution in [0.4, 0.5) is 0 Å². The van der Waals surface area contributed by atoms with Gasteiger partial charge in [-0.2, -0.15) is 0 Å². The molecule has 2 nitrogen and oxygen atoms in total. The Hall–Kier alpha value is 0.1000. The third kappa shape index (κ3) is 4.23. The first-order valence-electron chi connectivity index (χ1n) is 5.17. The summed E-state index contributed by atoms with van der Waals surface area (Å²) in [5.74, 6) is 0. The molecule has 1 N–H and O–H groups in total. The molecule has 0 aliphatic carbocycles. The van der Waals surface area contributed by atoms with Crippen molar-refractivity contribution >= 4 is 27.3 Å². The molecule has 0 saturated heterocycles. The molecule has 15 heavy (non-hydrogen) atoms. The van der Waals surface area contributed by atoms with Crippen LogP contribution < -0.4 is 5.32 Å². The molecule has 0 aliphatic rings. The van der Waals surface area contributed by atoms with E-state index in [9.17, 15) is 0 Å². The van der Waals surface area contributed by atoms with Crippen LogP contribution in [0.3, 0.4) is 0 Å². The highest BCUT2D eigenvalue weighted by molar-refractivity contribution is 9.11. The topological polar surface area (TPSA) is 21.3 Å². The van der Waals surface area contributed by atoms with Crippen molar-refractivity contribution in [3.8, 4) is 0 Å². The molecular formula is C11H18BrNOS. The molecule has 2 atom stereocenters. The van der Waals surface area contributed by atoms with E-state index in [-0.39, 0.29) is 0 Å². The Labute approximate surface area is 104 Å². The van der Waals surface area contributed by atoms with Crippen molar-refractivity contribution < 1.29 is 4.74 Å². The Morgan fingerprint density at radius 1 is 1.53 bits per heavy atom. The second kappa shape index (κ2) is 6.63. The second-order valence-corrected chi connectivity index (χ2v) is 6.09. The quantitative estimate of drug-likeness (QED) is 0.865. The molecule has 0 fully saturated rings. The smallest absolute Gasteiger partial charge is 0.0701 e. The van der Waals surface area contributed by atoms with Gasteiger partial charge in [-0.1, -0.05) is 6.92 Å². The van der Waals surface area contributed by atoms with Gasteiger partial charge in [-0.15, -0.1) is 11.3 Å². The number of hydrogen-bond acceptors (Lipinski definition) is 3. The molecule has 1 aromatic rings. The van der Waals surface area contributed by atoms with Crippen LogP contribution in [0.1, 0.15) is 31.2 Å². The van der Waals surface area contributed by atoms with Crippen molar-refractivity contribution in [3.63, 3.8) is 0 Å². The van der Waals surface area contributed by atoms with Crippen LogP contribution in [0.2, 0.25) is 0 Å². The predicted octanol–water partition coefficient (Wildman–Crippen LogP) is 3.59. The minimum atomic E-state index is 0.390. The first-order valence-corrected chi connectivity index (χ1v) is 6.78. The third-order valence-electron chi connectivity index (χ3n) is 2.37. The molecule has 0 saturated carbocycles. The van der Waals surface area contributed by atoms with E-state index in [4.69, 9.17) is 4.74 Å². The number of halogens is 1. The maximum atomic E-state index is 5.17. The molecule has 0 aromatic carbocycles. The number of thiophene rings is 1. The fourth-order valence-corrected chi connectivity index (χ4v) is 2.92. The molecule has 1 heterocycles. The SMILES string of the molecule is CC[C@H](COC)N[C@H](C)c1ccc(Br)s1. The number of rotatable bonds is 6. The van der Waals surface area contributed by atoms with Gasteiger partial charge in [0, 0.05) is 24.1 Å². The van der Waals surface area contributed by atoms with E-state index in [1.54, 1.807) is 18.4 Å². The minimum absolute atomic E-state index is 0.390. The summed E-state index contributed by atoms with van der Waals surface area (Å²) in [6, 6.07) is 5.08. The maximum absolute atomic E-state index is 5.17. The van der Waals surface area contributed by atoms with Crippen LogP contribution in [0.5, 0.6) is 0 Å². The minimum Gasteiger partial charge on any atom is -0.383 e. The summed E-state index contributed by atoms with van der Waals surface area (Å²) in [5.41, 5.74) is 0. The summed E-state index contributed by atoms with van der Waals surface area (Å²) in [7, 11) is 1.75. The van der Waals surface area contributed by atoms with Gasteiger partial charge in [0.25, 0.3) is 0 Å². The molecule has 1 rings (SSSR count). The van der Waals surface area contributed by atoms with Crippen LogP contribution in [0, 0.1) is 0 Å². The van der Waals surface area contributed by atoms with Gasteiger partial charge in [0.05, 0.1) is 10.4 Å². The average molecular weight is 292 g/mol. The highest BCUT2D eigenvalue weighted by atomic mass is 79.9. The van der Waals surface area contributed by atoms with Gasteiger partial charge >= 0.3 is 0 Å². The van der Waals surface area contributed by atoms with E-state index < -0.39 is 0 Å². The summed E-state index contributed by atoms with van der Waals surface area (Å²) in [4.78, 5) is 1.36. The van der Waals surface area contributed by atoms with Crippen molar-refractivity contribution in [3.05, 3.63) is 20.8 Å². The molecule has 0 aliphatic heterocycles. The van der Waals surface area contributed by atoms with Crippen molar-refractivity contribution in [2.24, 2.45) is 0 Å². The normalized spacial score (nSPS) is 15.2. The number of ether oxygens (including phenoxy) is 1. The molecule has 1 aromatic heterocycles. The fourth-order valence-electron chi connectivity index (χ4n) is 1.48. The van der Waals surface area contributed by atoms with E-state index in [2.05, 4.69) is 47.2 Å². The molecule has 0 radical (unpaired) electrons. The number of methoxy groups -OCH3 is 1. The highest BCUT2D eigenvalue weighted by Gasteiger charge is 2.12. The largest absolute Gasteiger partial charge is 0.383 e. The van der Waals surface area contributed by atoms with Crippen LogP contribution in [0.25, 0.3) is 0 Å². The van der Waals surface area contributed by atoms with Crippen molar-refractivity contribution in [1.82, 2.24) is 5.32 Å². The van der Waals surface area contributed by atoms with Crippen molar-refractivity contribution in [2.75, 3.05) is 13.7 Å². The van der Waals surface area contributed by atoms with Gasteiger partial charge in [-0.25, -0.2) is 0 Å². The molecule has 4 heteroatoms. The maximum Gasteiger partial charge on any atom is 0.0701 e. The lowest BCUT2D eigenvalue weighted by Gasteiger charge is -2.20. The van der Waals surface area contributed by atoms with Crippen molar-refractivity contribution in [2.45, 2.75) is 32.4 Å². The summed E-state index contributed by atoms with van der Waals surface area (Å²) >= 11 is 5.26. The summed E-state index contributed by atoms with van der Waals surface area (Å²) < 4.78 is 6.35. The lowest BCUT2D eigenvalue weighted by Crippen LogP contribution is -2.34. The predicted molar refractivity (Wildman–Crippen MR) is 69.5 cm³/mol. The lowest BCUT2D eigenvalue weighted by atomic mass is 10.2. The van der Waals surface area contributed by atoms with Gasteiger partial charge in [-0.05, 0) is 41.4 Å². The van der Waals surface area contributed by atoms with Gasteiger partial charge in [0.15, 0.2) is 0 Å². The van der Waals surface area contributed by atoms with E-state index in [0.29, 0.717) is 12.1 Å². The average Bonchev–Trinajstić information content (AvgIpc) is 2.64. The molecular weight excluding hydrogens is 274 g/mol. The van der Waals surface area contributed by atoms with E-state index in [0.717, 1.165) is 13.0 Å². The first kappa shape index (κ1) is 13.2. The lowest BCUT2D eigenvalue weighted by molar-refractivity contribution is 0.160. The Morgan fingerprint density at radius 2 is 2.27 bits per heavy atom. The standard InChI is InChI=1S/C11H18BrNOS/c1-4-9(7-14-3)13-8(2)10-5-6-11(12)15-10/h5-6,8-9,13H,4,7H2,1-3H3/t8-,9-/m1/s1. The molecule has 86 valence electrons. The Bertz CT molecular complexity index is 290. The highest BCUT2D eigenvalue weighted by Crippen LogP contribution is 2.27. The molecule has 0 bridgehead atoms. The Balaban J connectivity index is 2.50. The van der Waals surface area contributed by atoms with Gasteiger partial charge in [-0.3, -0.25) is 0 Å². The zero-order chi connectivity index (χ0) is 11.3. The molecule has 0 amide bonds. The Kier molecular flexibility index (Phi) is 5.82. The number of nitrogens with one attached hydrogen (secondary N) is 1. The summed E-state index contributed by atoms with van der Waals surface area (Å²) in [5, 5.41) is 3.56. The molecule has 0 unspecified atom stereocenters. The van der Waals surface area contributed by atoms with Crippen LogP contribution in [-0.2, 0) is 4.74 Å². The Morgan fingerprint density at radius 3 is 2.73 bits per heavy atom. The van der Waals surface area contributed by atoms with Gasteiger partial charge in [0.2, 0.25) is 0 Å². The summed E-state index contributed by atoms with van der Waals surface area (Å²) in [6.07, 6.45) is 1.09. The van der Waals surface area contributed by atoms with E-state index >= 15 is 0 Å². The van der Waals surface area contributed by atoms with Crippen LogP contribution >= 0.6 is 27.3 Å².